The number of nitrogens with one attached hydrogen (secondary N) is 1. The predicted molar refractivity (Wildman–Crippen MR) is 71.2 cm³/mol. The minimum absolute atomic E-state index is 0.150. The van der Waals surface area contributed by atoms with Gasteiger partial charge in [0.15, 0.2) is 6.04 Å². The Bertz CT molecular complexity index is 359. The summed E-state index contributed by atoms with van der Waals surface area (Å²) in [5, 5.41) is 12.4. The van der Waals surface area contributed by atoms with Crippen molar-refractivity contribution in [2.45, 2.75) is 44.9 Å². The van der Waals surface area contributed by atoms with Gasteiger partial charge in [-0.15, -0.1) is 0 Å². The van der Waals surface area contributed by atoms with Crippen LogP contribution in [0.3, 0.4) is 0 Å². The third kappa shape index (κ3) is 6.48. The summed E-state index contributed by atoms with van der Waals surface area (Å²) in [7, 11) is 1.20. The van der Waals surface area contributed by atoms with Crippen LogP contribution in [0, 0.1) is 5.92 Å². The molecule has 20 heavy (non-hydrogen) atoms. The zero-order valence-electron chi connectivity index (χ0n) is 12.0. The van der Waals surface area contributed by atoms with Gasteiger partial charge >= 0.3 is 5.97 Å². The molecular formula is C12H23N3O5. The highest BCUT2D eigenvalue weighted by Crippen LogP contribution is 2.11. The first kappa shape index (κ1) is 18.3. The van der Waals surface area contributed by atoms with E-state index >= 15 is 0 Å². The molecule has 0 bridgehead atoms. The van der Waals surface area contributed by atoms with Crippen LogP contribution < -0.4 is 16.8 Å². The Kier molecular flexibility index (Phi) is 7.78. The van der Waals surface area contributed by atoms with E-state index in [2.05, 4.69) is 10.1 Å². The van der Waals surface area contributed by atoms with Crippen molar-refractivity contribution >= 4 is 17.8 Å². The average Bonchev–Trinajstić information content (AvgIpc) is 2.35. The molecule has 2 amide bonds. The first-order valence-corrected chi connectivity index (χ1v) is 6.29. The number of ether oxygens (including phenoxy) is 1. The molecule has 0 aromatic heterocycles. The summed E-state index contributed by atoms with van der Waals surface area (Å²) >= 11 is 0. The topological polar surface area (TPSA) is 145 Å². The lowest BCUT2D eigenvalue weighted by Gasteiger charge is -2.26. The van der Waals surface area contributed by atoms with Crippen molar-refractivity contribution in [2.24, 2.45) is 17.4 Å². The highest BCUT2D eigenvalue weighted by atomic mass is 16.5. The molecule has 0 rings (SSSR count). The van der Waals surface area contributed by atoms with Crippen LogP contribution in [0.25, 0.3) is 0 Å². The average molecular weight is 289 g/mol. The lowest BCUT2D eigenvalue weighted by atomic mass is 9.97. The first-order chi connectivity index (χ1) is 9.18. The van der Waals surface area contributed by atoms with Crippen molar-refractivity contribution in [3.05, 3.63) is 0 Å². The number of carbonyl (C=O) groups is 3. The zero-order valence-corrected chi connectivity index (χ0v) is 12.0. The number of rotatable bonds is 8. The smallest absolute Gasteiger partial charge is 0.308 e. The number of aliphatic hydroxyl groups is 1. The van der Waals surface area contributed by atoms with Crippen LogP contribution in [0.1, 0.15) is 26.7 Å². The molecule has 116 valence electrons. The quantitative estimate of drug-likeness (QED) is 0.308. The Morgan fingerprint density at radius 1 is 1.30 bits per heavy atom. The summed E-state index contributed by atoms with van der Waals surface area (Å²) in [6.45, 7) is 3.77. The van der Waals surface area contributed by atoms with Crippen molar-refractivity contribution < 1.29 is 24.2 Å². The Morgan fingerprint density at radius 2 is 1.85 bits per heavy atom. The fourth-order valence-corrected chi connectivity index (χ4v) is 1.62. The molecule has 3 unspecified atom stereocenters. The molecule has 6 N–H and O–H groups in total. The number of primary amides is 1. The maximum atomic E-state index is 11.7. The van der Waals surface area contributed by atoms with Crippen molar-refractivity contribution in [1.29, 1.82) is 0 Å². The molecule has 0 aromatic carbocycles. The van der Waals surface area contributed by atoms with Gasteiger partial charge < -0.3 is 26.6 Å². The van der Waals surface area contributed by atoms with Gasteiger partial charge in [-0.05, 0) is 12.3 Å². The van der Waals surface area contributed by atoms with Gasteiger partial charge in [-0.25, -0.2) is 0 Å². The van der Waals surface area contributed by atoms with Gasteiger partial charge in [0, 0.05) is 0 Å². The van der Waals surface area contributed by atoms with Crippen molar-refractivity contribution in [1.82, 2.24) is 5.32 Å². The summed E-state index contributed by atoms with van der Waals surface area (Å²) in [6.07, 6.45) is -0.982. The second-order valence-corrected chi connectivity index (χ2v) is 4.97. The highest BCUT2D eigenvalue weighted by Gasteiger charge is 2.28. The summed E-state index contributed by atoms with van der Waals surface area (Å²) < 4.78 is 4.46. The molecule has 0 aliphatic heterocycles. The van der Waals surface area contributed by atoms with Gasteiger partial charge in [0.1, 0.15) is 0 Å². The van der Waals surface area contributed by atoms with Crippen molar-refractivity contribution in [2.75, 3.05) is 7.11 Å². The lowest BCUT2D eigenvalue weighted by molar-refractivity contribution is -0.144. The molecule has 0 saturated heterocycles. The Morgan fingerprint density at radius 3 is 2.25 bits per heavy atom. The van der Waals surface area contributed by atoms with E-state index in [1.165, 1.54) is 7.11 Å². The standard InChI is InChI=1S/C12H23N3O5/c1-6(2)4-7(8(16)5-9(17)20-3)15-12(19)10(13)11(14)18/h6-8,10,16H,4-5,13H2,1-3H3,(H2,14,18)(H,15,19). The number of hydrogen-bond acceptors (Lipinski definition) is 6. The van der Waals surface area contributed by atoms with Gasteiger partial charge in [-0.1, -0.05) is 13.8 Å². The van der Waals surface area contributed by atoms with Gasteiger partial charge in [0.05, 0.1) is 25.7 Å². The van der Waals surface area contributed by atoms with E-state index < -0.39 is 36.0 Å². The van der Waals surface area contributed by atoms with Crippen LogP contribution in [0.4, 0.5) is 0 Å². The van der Waals surface area contributed by atoms with Crippen molar-refractivity contribution in [3.8, 4) is 0 Å². The first-order valence-electron chi connectivity index (χ1n) is 6.29. The fraction of sp³-hybridized carbons (Fsp3) is 0.750. The molecule has 3 atom stereocenters. The molecule has 0 radical (unpaired) electrons. The Labute approximate surface area is 117 Å². The third-order valence-corrected chi connectivity index (χ3v) is 2.71. The summed E-state index contributed by atoms with van der Waals surface area (Å²) in [5.41, 5.74) is 10.2. The SMILES string of the molecule is COC(=O)CC(O)C(CC(C)C)NC(=O)C(N)C(N)=O. The van der Waals surface area contributed by atoms with Crippen LogP contribution in [0.2, 0.25) is 0 Å². The zero-order chi connectivity index (χ0) is 15.9. The molecule has 0 aromatic rings. The highest BCUT2D eigenvalue weighted by molar-refractivity contribution is 6.03. The third-order valence-electron chi connectivity index (χ3n) is 2.71. The minimum atomic E-state index is -1.49. The second kappa shape index (κ2) is 8.49. The number of aliphatic hydroxyl groups excluding tert-OH is 1. The monoisotopic (exact) mass is 289 g/mol. The lowest BCUT2D eigenvalue weighted by Crippen LogP contribution is -2.54. The van der Waals surface area contributed by atoms with E-state index in [-0.39, 0.29) is 12.3 Å². The maximum absolute atomic E-state index is 11.7. The molecular weight excluding hydrogens is 266 g/mol. The molecule has 0 spiro atoms. The summed E-state index contributed by atoms with van der Waals surface area (Å²) in [4.78, 5) is 33.7. The van der Waals surface area contributed by atoms with E-state index in [4.69, 9.17) is 11.5 Å². The number of carbonyl (C=O) groups excluding carboxylic acids is 3. The summed E-state index contributed by atoms with van der Waals surface area (Å²) in [5.74, 6) is -2.20. The Hall–Kier alpha value is -1.67. The van der Waals surface area contributed by atoms with Gasteiger partial charge in [-0.2, -0.15) is 0 Å². The van der Waals surface area contributed by atoms with Crippen LogP contribution in [-0.4, -0.2) is 48.2 Å². The number of amides is 2. The molecule has 0 aliphatic carbocycles. The molecule has 8 heteroatoms. The van der Waals surface area contributed by atoms with E-state index in [0.717, 1.165) is 0 Å². The minimum Gasteiger partial charge on any atom is -0.469 e. The second-order valence-electron chi connectivity index (χ2n) is 4.97. The Balaban J connectivity index is 4.75. The maximum Gasteiger partial charge on any atom is 0.308 e. The van der Waals surface area contributed by atoms with Crippen LogP contribution in [-0.2, 0) is 19.1 Å². The van der Waals surface area contributed by atoms with Gasteiger partial charge in [0.25, 0.3) is 0 Å². The van der Waals surface area contributed by atoms with Crippen LogP contribution >= 0.6 is 0 Å². The predicted octanol–water partition coefficient (Wildman–Crippen LogP) is -1.75. The van der Waals surface area contributed by atoms with Gasteiger partial charge in [0.2, 0.25) is 11.8 Å². The normalized spacial score (nSPS) is 15.3. The number of nitrogens with two attached hydrogens (primary N) is 2. The molecule has 0 fully saturated rings. The van der Waals surface area contributed by atoms with Gasteiger partial charge in [-0.3, -0.25) is 14.4 Å². The van der Waals surface area contributed by atoms with E-state index in [1.807, 2.05) is 13.8 Å². The van der Waals surface area contributed by atoms with E-state index in [0.29, 0.717) is 6.42 Å². The van der Waals surface area contributed by atoms with E-state index in [1.54, 1.807) is 0 Å². The number of hydrogen-bond donors (Lipinski definition) is 4. The number of esters is 1. The number of methoxy groups -OCH3 is 1. The van der Waals surface area contributed by atoms with Crippen LogP contribution in [0.15, 0.2) is 0 Å². The largest absolute Gasteiger partial charge is 0.469 e. The molecule has 8 nitrogen and oxygen atoms in total. The fourth-order valence-electron chi connectivity index (χ4n) is 1.62. The molecule has 0 heterocycles. The molecule has 0 saturated carbocycles. The molecule has 0 aliphatic rings. The van der Waals surface area contributed by atoms with Crippen molar-refractivity contribution in [3.63, 3.8) is 0 Å². The summed E-state index contributed by atoms with van der Waals surface area (Å²) in [6, 6.07) is -2.21. The van der Waals surface area contributed by atoms with Crippen LogP contribution in [0.5, 0.6) is 0 Å². The van der Waals surface area contributed by atoms with E-state index in [9.17, 15) is 19.5 Å².